The van der Waals surface area contributed by atoms with Crippen LogP contribution in [0, 0.1) is 0 Å². The average molecular weight is 406 g/mol. The summed E-state index contributed by atoms with van der Waals surface area (Å²) in [6.45, 7) is 3.86. The molecule has 0 aromatic carbocycles. The van der Waals surface area contributed by atoms with E-state index in [-0.39, 0.29) is 5.78 Å². The molecule has 0 rings (SSSR count). The Labute approximate surface area is 180 Å². The number of rotatable bonds is 21. The predicted molar refractivity (Wildman–Crippen MR) is 126 cm³/mol. The Morgan fingerprint density at radius 2 is 1.07 bits per heavy atom. The third kappa shape index (κ3) is 21.2. The van der Waals surface area contributed by atoms with Gasteiger partial charge in [-0.2, -0.15) is 0 Å². The van der Waals surface area contributed by atoms with Crippen LogP contribution in [-0.4, -0.2) is 11.7 Å². The molecule has 0 bridgehead atoms. The molecule has 0 atom stereocenters. The lowest BCUT2D eigenvalue weighted by Crippen LogP contribution is -2.12. The molecule has 3 heteroatoms. The molecule has 0 unspecified atom stereocenters. The Morgan fingerprint density at radius 3 is 1.52 bits per heavy atom. The standard InChI is InChI=1S/C26H47NO2/c1-3-4-5-6-7-8-9-10-11-12-13-14-15-16-17-18-19-20-21-22-25(28)23-24(2)26(27)29/h10-11,23H,3-9,12-22H2,1-2H3,(H2,27,29)/b11-10-,24-23?. The van der Waals surface area contributed by atoms with Crippen LogP contribution < -0.4 is 5.73 Å². The van der Waals surface area contributed by atoms with Crippen molar-refractivity contribution >= 4 is 11.7 Å². The van der Waals surface area contributed by atoms with E-state index in [0.29, 0.717) is 12.0 Å². The highest BCUT2D eigenvalue weighted by molar-refractivity contribution is 6.00. The fourth-order valence-electron chi connectivity index (χ4n) is 3.46. The first-order chi connectivity index (χ1) is 14.1. The first kappa shape index (κ1) is 27.6. The Kier molecular flexibility index (Phi) is 20.3. The van der Waals surface area contributed by atoms with Crippen LogP contribution in [0.2, 0.25) is 0 Å². The molecule has 0 aliphatic carbocycles. The minimum atomic E-state index is -0.512. The molecule has 0 spiro atoms. The van der Waals surface area contributed by atoms with Gasteiger partial charge in [0.2, 0.25) is 5.91 Å². The van der Waals surface area contributed by atoms with Gasteiger partial charge in [-0.15, -0.1) is 0 Å². The molecule has 0 radical (unpaired) electrons. The molecule has 0 aromatic rings. The first-order valence-corrected chi connectivity index (χ1v) is 12.2. The van der Waals surface area contributed by atoms with Gasteiger partial charge in [0.05, 0.1) is 0 Å². The summed E-state index contributed by atoms with van der Waals surface area (Å²) in [4.78, 5) is 22.5. The number of unbranched alkanes of at least 4 members (excludes halogenated alkanes) is 15. The van der Waals surface area contributed by atoms with E-state index in [1.807, 2.05) is 0 Å². The molecule has 0 saturated heterocycles. The summed E-state index contributed by atoms with van der Waals surface area (Å²) >= 11 is 0. The van der Waals surface area contributed by atoms with Crippen molar-refractivity contribution in [3.8, 4) is 0 Å². The summed E-state index contributed by atoms with van der Waals surface area (Å²) in [5.41, 5.74) is 5.47. The molecule has 29 heavy (non-hydrogen) atoms. The monoisotopic (exact) mass is 405 g/mol. The number of hydrogen-bond acceptors (Lipinski definition) is 2. The van der Waals surface area contributed by atoms with E-state index in [1.165, 1.54) is 102 Å². The van der Waals surface area contributed by atoms with E-state index in [9.17, 15) is 9.59 Å². The van der Waals surface area contributed by atoms with Crippen LogP contribution in [0.1, 0.15) is 129 Å². The van der Waals surface area contributed by atoms with Crippen molar-refractivity contribution in [3.05, 3.63) is 23.8 Å². The van der Waals surface area contributed by atoms with Gasteiger partial charge in [-0.1, -0.05) is 96.1 Å². The second-order valence-electron chi connectivity index (χ2n) is 8.41. The third-order valence-corrected chi connectivity index (χ3v) is 5.45. The van der Waals surface area contributed by atoms with Gasteiger partial charge in [-0.3, -0.25) is 9.59 Å². The minimum absolute atomic E-state index is 0.0160. The largest absolute Gasteiger partial charge is 0.366 e. The maximum Gasteiger partial charge on any atom is 0.244 e. The minimum Gasteiger partial charge on any atom is -0.366 e. The van der Waals surface area contributed by atoms with Crippen LogP contribution in [-0.2, 0) is 9.59 Å². The molecule has 0 saturated carbocycles. The van der Waals surface area contributed by atoms with Crippen molar-refractivity contribution in [3.63, 3.8) is 0 Å². The van der Waals surface area contributed by atoms with E-state index in [1.54, 1.807) is 6.92 Å². The number of primary amides is 1. The van der Waals surface area contributed by atoms with Crippen LogP contribution in [0.15, 0.2) is 23.8 Å². The van der Waals surface area contributed by atoms with Gasteiger partial charge in [0.25, 0.3) is 0 Å². The Bertz CT molecular complexity index is 465. The first-order valence-electron chi connectivity index (χ1n) is 12.2. The van der Waals surface area contributed by atoms with Crippen LogP contribution in [0.25, 0.3) is 0 Å². The van der Waals surface area contributed by atoms with Crippen molar-refractivity contribution in [2.24, 2.45) is 5.73 Å². The lowest BCUT2D eigenvalue weighted by atomic mass is 10.0. The number of carbonyl (C=O) groups excluding carboxylic acids is 2. The van der Waals surface area contributed by atoms with Crippen LogP contribution in [0.4, 0.5) is 0 Å². The molecular formula is C26H47NO2. The van der Waals surface area contributed by atoms with Gasteiger partial charge in [0, 0.05) is 12.0 Å². The highest BCUT2D eigenvalue weighted by Crippen LogP contribution is 2.12. The molecule has 0 fully saturated rings. The molecule has 0 heterocycles. The molecule has 3 nitrogen and oxygen atoms in total. The third-order valence-electron chi connectivity index (χ3n) is 5.45. The molecular weight excluding hydrogens is 358 g/mol. The zero-order valence-electron chi connectivity index (χ0n) is 19.4. The van der Waals surface area contributed by atoms with Crippen molar-refractivity contribution in [1.29, 1.82) is 0 Å². The van der Waals surface area contributed by atoms with Gasteiger partial charge < -0.3 is 5.73 Å². The lowest BCUT2D eigenvalue weighted by Gasteiger charge is -2.02. The Morgan fingerprint density at radius 1 is 0.655 bits per heavy atom. The number of hydrogen-bond donors (Lipinski definition) is 1. The highest BCUT2D eigenvalue weighted by atomic mass is 16.1. The quantitative estimate of drug-likeness (QED) is 0.121. The highest BCUT2D eigenvalue weighted by Gasteiger charge is 2.02. The van der Waals surface area contributed by atoms with E-state index in [0.717, 1.165) is 12.8 Å². The number of amides is 1. The Balaban J connectivity index is 3.28. The number of ketones is 1. The maximum atomic E-state index is 11.7. The second-order valence-corrected chi connectivity index (χ2v) is 8.41. The van der Waals surface area contributed by atoms with E-state index in [2.05, 4.69) is 19.1 Å². The summed E-state index contributed by atoms with van der Waals surface area (Å²) in [5.74, 6) is -0.495. The maximum absolute atomic E-state index is 11.7. The van der Waals surface area contributed by atoms with Crippen LogP contribution in [0.3, 0.4) is 0 Å². The topological polar surface area (TPSA) is 60.2 Å². The molecule has 168 valence electrons. The summed E-state index contributed by atoms with van der Waals surface area (Å²) in [7, 11) is 0. The fraction of sp³-hybridized carbons (Fsp3) is 0.769. The van der Waals surface area contributed by atoms with Gasteiger partial charge in [0.1, 0.15) is 0 Å². The van der Waals surface area contributed by atoms with Crippen molar-refractivity contribution in [2.45, 2.75) is 129 Å². The average Bonchev–Trinajstić information content (AvgIpc) is 2.69. The van der Waals surface area contributed by atoms with Crippen molar-refractivity contribution in [1.82, 2.24) is 0 Å². The molecule has 0 aliphatic heterocycles. The summed E-state index contributed by atoms with van der Waals surface area (Å²) in [6, 6.07) is 0. The molecule has 2 N–H and O–H groups in total. The number of allylic oxidation sites excluding steroid dienone is 3. The fourth-order valence-corrected chi connectivity index (χ4v) is 3.46. The number of carbonyl (C=O) groups is 2. The SMILES string of the molecule is CCCCCCCC/C=C\CCCCCCCCCCCC(=O)C=C(C)C(N)=O. The molecule has 1 amide bonds. The zero-order chi connectivity index (χ0) is 21.6. The summed E-state index contributed by atoms with van der Waals surface area (Å²) < 4.78 is 0. The zero-order valence-corrected chi connectivity index (χ0v) is 19.4. The Hall–Kier alpha value is -1.38. The number of nitrogens with two attached hydrogens (primary N) is 1. The van der Waals surface area contributed by atoms with Crippen molar-refractivity contribution in [2.75, 3.05) is 0 Å². The van der Waals surface area contributed by atoms with Gasteiger partial charge in [-0.25, -0.2) is 0 Å². The lowest BCUT2D eigenvalue weighted by molar-refractivity contribution is -0.117. The van der Waals surface area contributed by atoms with Gasteiger partial charge >= 0.3 is 0 Å². The molecule has 0 aliphatic rings. The van der Waals surface area contributed by atoms with E-state index < -0.39 is 5.91 Å². The van der Waals surface area contributed by atoms with Crippen LogP contribution in [0.5, 0.6) is 0 Å². The van der Waals surface area contributed by atoms with E-state index in [4.69, 9.17) is 5.73 Å². The normalized spacial score (nSPS) is 12.0. The summed E-state index contributed by atoms with van der Waals surface area (Å²) in [6.07, 6.45) is 28.6. The second kappa shape index (κ2) is 21.3. The predicted octanol–water partition coefficient (Wildman–Crippen LogP) is 7.59. The van der Waals surface area contributed by atoms with Crippen LogP contribution >= 0.6 is 0 Å². The van der Waals surface area contributed by atoms with E-state index >= 15 is 0 Å². The van der Waals surface area contributed by atoms with Crippen molar-refractivity contribution < 1.29 is 9.59 Å². The van der Waals surface area contributed by atoms with Gasteiger partial charge in [-0.05, 0) is 45.1 Å². The summed E-state index contributed by atoms with van der Waals surface area (Å²) in [5, 5.41) is 0. The molecule has 0 aromatic heterocycles. The van der Waals surface area contributed by atoms with Gasteiger partial charge in [0.15, 0.2) is 5.78 Å². The smallest absolute Gasteiger partial charge is 0.244 e.